The average molecular weight is 447 g/mol. The second-order valence-electron chi connectivity index (χ2n) is 6.38. The summed E-state index contributed by atoms with van der Waals surface area (Å²) < 4.78 is 20.8. The molecule has 3 amide bonds. The summed E-state index contributed by atoms with van der Waals surface area (Å²) in [7, 11) is 4.47. The number of aryl methyl sites for hydroxylation is 1. The van der Waals surface area contributed by atoms with Gasteiger partial charge in [0.2, 0.25) is 11.5 Å². The predicted molar refractivity (Wildman–Crippen MR) is 112 cm³/mol. The van der Waals surface area contributed by atoms with Gasteiger partial charge in [-0.2, -0.15) is 0 Å². The second-order valence-corrected chi connectivity index (χ2v) is 7.37. The van der Waals surface area contributed by atoms with Crippen molar-refractivity contribution in [2.24, 2.45) is 0 Å². The first kappa shape index (κ1) is 22.2. The highest BCUT2D eigenvalue weighted by molar-refractivity contribution is 8.18. The molecule has 3 rings (SSSR count). The number of carbonyl (C=O) groups excluding carboxylic acids is 3. The van der Waals surface area contributed by atoms with Gasteiger partial charge in [-0.05, 0) is 42.5 Å². The summed E-state index contributed by atoms with van der Waals surface area (Å²) in [5.74, 6) is 0.423. The molecule has 1 aliphatic rings. The minimum atomic E-state index is -0.472. The molecule has 0 unspecified atom stereocenters. The molecule has 0 bridgehead atoms. The summed E-state index contributed by atoms with van der Waals surface area (Å²) in [6.45, 7) is 1.80. The van der Waals surface area contributed by atoms with Crippen molar-refractivity contribution in [3.63, 3.8) is 0 Å². The molecule has 1 aliphatic heterocycles. The maximum Gasteiger partial charge on any atom is 0.293 e. The molecule has 0 radical (unpaired) electrons. The van der Waals surface area contributed by atoms with Crippen molar-refractivity contribution in [2.75, 3.05) is 34.4 Å². The average Bonchev–Trinajstić information content (AvgIpc) is 3.31. The zero-order valence-corrected chi connectivity index (χ0v) is 18.2. The molecule has 1 aromatic carbocycles. The minimum Gasteiger partial charge on any atom is -0.493 e. The molecule has 0 atom stereocenters. The lowest BCUT2D eigenvalue weighted by Crippen LogP contribution is -2.37. The number of carbonyl (C=O) groups is 3. The Labute approximate surface area is 182 Å². The number of hydrogen-bond donors (Lipinski definition) is 1. The van der Waals surface area contributed by atoms with E-state index in [-0.39, 0.29) is 23.8 Å². The minimum absolute atomic E-state index is 0.0239. The fourth-order valence-electron chi connectivity index (χ4n) is 2.87. The van der Waals surface area contributed by atoms with E-state index in [0.717, 1.165) is 16.7 Å². The van der Waals surface area contributed by atoms with E-state index in [4.69, 9.17) is 18.7 Å². The van der Waals surface area contributed by atoms with Crippen LogP contribution >= 0.6 is 11.8 Å². The maximum atomic E-state index is 12.7. The van der Waals surface area contributed by atoms with E-state index in [1.165, 1.54) is 27.4 Å². The van der Waals surface area contributed by atoms with Crippen LogP contribution in [0.4, 0.5) is 4.79 Å². The Kier molecular flexibility index (Phi) is 6.85. The molecule has 164 valence electrons. The largest absolute Gasteiger partial charge is 0.493 e. The normalized spacial score (nSPS) is 14.8. The molecule has 1 N–H and O–H groups in total. The molecule has 11 heteroatoms. The Morgan fingerprint density at radius 1 is 1.16 bits per heavy atom. The third-order valence-electron chi connectivity index (χ3n) is 4.33. The summed E-state index contributed by atoms with van der Waals surface area (Å²) >= 11 is 0.816. The Balaban J connectivity index is 1.69. The topological polar surface area (TPSA) is 120 Å². The van der Waals surface area contributed by atoms with E-state index in [1.807, 2.05) is 0 Å². The Morgan fingerprint density at radius 2 is 1.84 bits per heavy atom. The van der Waals surface area contributed by atoms with Crippen molar-refractivity contribution < 1.29 is 33.1 Å². The van der Waals surface area contributed by atoms with Gasteiger partial charge in [-0.15, -0.1) is 0 Å². The van der Waals surface area contributed by atoms with Crippen molar-refractivity contribution in [2.45, 2.75) is 6.92 Å². The molecule has 0 aliphatic carbocycles. The molecule has 10 nitrogen and oxygen atoms in total. The molecule has 2 aromatic rings. The molecular weight excluding hydrogens is 426 g/mol. The number of ether oxygens (including phenoxy) is 3. The zero-order chi connectivity index (χ0) is 22.5. The number of nitrogens with one attached hydrogen (secondary N) is 1. The number of aromatic nitrogens is 1. The van der Waals surface area contributed by atoms with Gasteiger partial charge in [0.25, 0.3) is 17.1 Å². The lowest BCUT2D eigenvalue weighted by molar-refractivity contribution is -0.122. The number of imide groups is 1. The standard InChI is InChI=1S/C20H21N3O7S/c1-11-7-15(30-22-11)18(24)21-5-6-23-19(25)16(31-20(23)26)10-12-8-13(27-2)17(29-4)14(9-12)28-3/h7-10H,5-6H2,1-4H3,(H,21,24)/b16-10+. The summed E-state index contributed by atoms with van der Waals surface area (Å²) in [6, 6.07) is 4.85. The van der Waals surface area contributed by atoms with Crippen LogP contribution in [-0.4, -0.2) is 61.5 Å². The summed E-state index contributed by atoms with van der Waals surface area (Å²) in [5.41, 5.74) is 1.18. The van der Waals surface area contributed by atoms with Crippen molar-refractivity contribution in [3.8, 4) is 17.2 Å². The molecule has 0 spiro atoms. The van der Waals surface area contributed by atoms with Gasteiger partial charge in [-0.3, -0.25) is 19.3 Å². The van der Waals surface area contributed by atoms with E-state index < -0.39 is 17.1 Å². The fraction of sp³-hybridized carbons (Fsp3) is 0.300. The SMILES string of the molecule is COc1cc(/C=C2/SC(=O)N(CCNC(=O)c3cc(C)no3)C2=O)cc(OC)c1OC. The Morgan fingerprint density at radius 3 is 2.39 bits per heavy atom. The summed E-state index contributed by atoms with van der Waals surface area (Å²) in [6.07, 6.45) is 1.57. The Bertz CT molecular complexity index is 1020. The lowest BCUT2D eigenvalue weighted by Gasteiger charge is -2.13. The van der Waals surface area contributed by atoms with Crippen LogP contribution < -0.4 is 19.5 Å². The zero-order valence-electron chi connectivity index (χ0n) is 17.4. The first-order valence-corrected chi connectivity index (χ1v) is 9.96. The number of benzene rings is 1. The highest BCUT2D eigenvalue weighted by atomic mass is 32.2. The number of nitrogens with zero attached hydrogens (tertiary/aromatic N) is 2. The van der Waals surface area contributed by atoms with Gasteiger partial charge in [-0.1, -0.05) is 5.16 Å². The third-order valence-corrected chi connectivity index (χ3v) is 5.24. The van der Waals surface area contributed by atoms with Crippen LogP contribution in [0.15, 0.2) is 27.6 Å². The van der Waals surface area contributed by atoms with Crippen molar-refractivity contribution in [1.29, 1.82) is 0 Å². The van der Waals surface area contributed by atoms with Crippen LogP contribution in [0.25, 0.3) is 6.08 Å². The smallest absolute Gasteiger partial charge is 0.293 e. The van der Waals surface area contributed by atoms with Gasteiger partial charge in [-0.25, -0.2) is 0 Å². The predicted octanol–water partition coefficient (Wildman–Crippen LogP) is 2.48. The number of methoxy groups -OCH3 is 3. The maximum absolute atomic E-state index is 12.7. The number of amides is 3. The highest BCUT2D eigenvalue weighted by Gasteiger charge is 2.35. The Hall–Kier alpha value is -3.47. The van der Waals surface area contributed by atoms with Crippen LogP contribution in [0.5, 0.6) is 17.2 Å². The third kappa shape index (κ3) is 4.82. The van der Waals surface area contributed by atoms with Crippen molar-refractivity contribution in [3.05, 3.63) is 40.1 Å². The number of rotatable bonds is 8. The van der Waals surface area contributed by atoms with E-state index >= 15 is 0 Å². The van der Waals surface area contributed by atoms with E-state index in [9.17, 15) is 14.4 Å². The molecule has 31 heavy (non-hydrogen) atoms. The quantitative estimate of drug-likeness (QED) is 0.608. The molecule has 1 aromatic heterocycles. The van der Waals surface area contributed by atoms with Gasteiger partial charge in [0, 0.05) is 19.2 Å². The van der Waals surface area contributed by atoms with Gasteiger partial charge in [0.1, 0.15) is 0 Å². The number of hydrogen-bond acceptors (Lipinski definition) is 9. The van der Waals surface area contributed by atoms with Crippen LogP contribution in [0.3, 0.4) is 0 Å². The van der Waals surface area contributed by atoms with Crippen LogP contribution in [0, 0.1) is 6.92 Å². The molecule has 1 fully saturated rings. The first-order chi connectivity index (χ1) is 14.9. The van der Waals surface area contributed by atoms with Crippen molar-refractivity contribution >= 4 is 34.9 Å². The highest BCUT2D eigenvalue weighted by Crippen LogP contribution is 2.40. The second kappa shape index (κ2) is 9.56. The van der Waals surface area contributed by atoms with Gasteiger partial charge in [0.15, 0.2) is 11.5 Å². The van der Waals surface area contributed by atoms with Crippen molar-refractivity contribution in [1.82, 2.24) is 15.4 Å². The fourth-order valence-corrected chi connectivity index (χ4v) is 3.73. The monoisotopic (exact) mass is 447 g/mol. The molecule has 0 saturated carbocycles. The summed E-state index contributed by atoms with van der Waals surface area (Å²) in [5, 5.41) is 5.81. The van der Waals surface area contributed by atoms with E-state index in [0.29, 0.717) is 28.5 Å². The summed E-state index contributed by atoms with van der Waals surface area (Å²) in [4.78, 5) is 38.3. The molecule has 1 saturated heterocycles. The van der Waals surface area contributed by atoms with E-state index in [1.54, 1.807) is 25.1 Å². The van der Waals surface area contributed by atoms with Gasteiger partial charge < -0.3 is 24.1 Å². The van der Waals surface area contributed by atoms with Crippen LogP contribution in [0.1, 0.15) is 21.8 Å². The van der Waals surface area contributed by atoms with Crippen LogP contribution in [-0.2, 0) is 4.79 Å². The first-order valence-electron chi connectivity index (χ1n) is 9.14. The lowest BCUT2D eigenvalue weighted by atomic mass is 10.1. The van der Waals surface area contributed by atoms with E-state index in [2.05, 4.69) is 10.5 Å². The van der Waals surface area contributed by atoms with Crippen LogP contribution in [0.2, 0.25) is 0 Å². The molecular formula is C20H21N3O7S. The number of thioether (sulfide) groups is 1. The molecule has 2 heterocycles. The van der Waals surface area contributed by atoms with Gasteiger partial charge in [0.05, 0.1) is 31.9 Å². The van der Waals surface area contributed by atoms with Gasteiger partial charge >= 0.3 is 0 Å².